The molecule has 0 bridgehead atoms. The lowest BCUT2D eigenvalue weighted by Gasteiger charge is -2.07. The van der Waals surface area contributed by atoms with Crippen LogP contribution in [0.25, 0.3) is 20.7 Å². The molecular weight excluding hydrogens is 388 g/mol. The van der Waals surface area contributed by atoms with Crippen molar-refractivity contribution in [3.63, 3.8) is 0 Å². The van der Waals surface area contributed by atoms with E-state index in [2.05, 4.69) is 15.6 Å². The van der Waals surface area contributed by atoms with Crippen molar-refractivity contribution in [3.8, 4) is 10.4 Å². The average molecular weight is 403 g/mol. The van der Waals surface area contributed by atoms with Crippen molar-refractivity contribution < 1.29 is 9.59 Å². The molecule has 1 aromatic carbocycles. The molecule has 2 aromatic heterocycles. The lowest BCUT2D eigenvalue weighted by atomic mass is 10.2. The van der Waals surface area contributed by atoms with Crippen LogP contribution in [0, 0.1) is 0 Å². The van der Waals surface area contributed by atoms with Crippen LogP contribution in [0.2, 0.25) is 5.02 Å². The summed E-state index contributed by atoms with van der Waals surface area (Å²) in [7, 11) is 0. The van der Waals surface area contributed by atoms with Crippen LogP contribution in [-0.4, -0.2) is 27.5 Å². The van der Waals surface area contributed by atoms with E-state index in [0.29, 0.717) is 15.2 Å². The molecule has 9 heteroatoms. The molecule has 138 valence electrons. The zero-order chi connectivity index (χ0) is 19.0. The van der Waals surface area contributed by atoms with Gasteiger partial charge in [0.25, 0.3) is 5.56 Å². The third-order valence-electron chi connectivity index (χ3n) is 4.11. The first-order valence-corrected chi connectivity index (χ1v) is 9.54. The van der Waals surface area contributed by atoms with E-state index in [-0.39, 0.29) is 18.1 Å². The van der Waals surface area contributed by atoms with Crippen molar-refractivity contribution >= 4 is 45.1 Å². The summed E-state index contributed by atoms with van der Waals surface area (Å²) in [5.74, 6) is -0.564. The van der Waals surface area contributed by atoms with Gasteiger partial charge in [-0.25, -0.2) is 9.78 Å². The number of rotatable bonds is 4. The minimum Gasteiger partial charge on any atom is -0.335 e. The van der Waals surface area contributed by atoms with E-state index in [4.69, 9.17) is 11.6 Å². The number of imide groups is 1. The predicted octanol–water partition coefficient (Wildman–Crippen LogP) is 2.77. The second-order valence-electron chi connectivity index (χ2n) is 6.31. The zero-order valence-electron chi connectivity index (χ0n) is 14.1. The number of fused-ring (bicyclic) bond motifs is 1. The Morgan fingerprint density at radius 1 is 1.26 bits per heavy atom. The first-order chi connectivity index (χ1) is 13.0. The van der Waals surface area contributed by atoms with Crippen LogP contribution in [0.3, 0.4) is 0 Å². The SMILES string of the molecule is O=C(Cn1cnc2cc(-c3ccc(Cl)cc3)sc2c1=O)NC(=O)NC1CC1. The van der Waals surface area contributed by atoms with E-state index in [1.807, 2.05) is 18.2 Å². The number of amides is 3. The quantitative estimate of drug-likeness (QED) is 0.701. The Hall–Kier alpha value is -2.71. The highest BCUT2D eigenvalue weighted by Crippen LogP contribution is 2.31. The fourth-order valence-electron chi connectivity index (χ4n) is 2.58. The second kappa shape index (κ2) is 7.13. The molecule has 0 saturated heterocycles. The molecule has 1 saturated carbocycles. The number of urea groups is 1. The Morgan fingerprint density at radius 3 is 2.70 bits per heavy atom. The van der Waals surface area contributed by atoms with E-state index >= 15 is 0 Å². The molecule has 27 heavy (non-hydrogen) atoms. The lowest BCUT2D eigenvalue weighted by molar-refractivity contribution is -0.120. The molecule has 7 nitrogen and oxygen atoms in total. The summed E-state index contributed by atoms with van der Waals surface area (Å²) < 4.78 is 1.65. The van der Waals surface area contributed by atoms with Crippen LogP contribution in [0.5, 0.6) is 0 Å². The minimum atomic E-state index is -0.564. The number of nitrogens with one attached hydrogen (secondary N) is 2. The van der Waals surface area contributed by atoms with Crippen LogP contribution in [0.1, 0.15) is 12.8 Å². The summed E-state index contributed by atoms with van der Waals surface area (Å²) in [6.45, 7) is -0.270. The number of aromatic nitrogens is 2. The number of carbonyl (C=O) groups is 2. The maximum absolute atomic E-state index is 12.7. The van der Waals surface area contributed by atoms with Gasteiger partial charge in [-0.15, -0.1) is 11.3 Å². The first kappa shape index (κ1) is 17.7. The molecule has 4 rings (SSSR count). The Labute approximate surface area is 163 Å². The Bertz CT molecular complexity index is 1090. The van der Waals surface area contributed by atoms with E-state index in [1.54, 1.807) is 12.1 Å². The normalized spacial score (nSPS) is 13.5. The summed E-state index contributed by atoms with van der Waals surface area (Å²) in [6, 6.07) is 8.75. The van der Waals surface area contributed by atoms with Crippen LogP contribution in [0.4, 0.5) is 4.79 Å². The molecule has 2 N–H and O–H groups in total. The van der Waals surface area contributed by atoms with Gasteiger partial charge >= 0.3 is 6.03 Å². The van der Waals surface area contributed by atoms with Crippen LogP contribution in [0.15, 0.2) is 41.5 Å². The number of hydrogen-bond donors (Lipinski definition) is 2. The number of hydrogen-bond acceptors (Lipinski definition) is 5. The molecule has 1 aliphatic rings. The molecule has 3 amide bonds. The summed E-state index contributed by atoms with van der Waals surface area (Å²) in [4.78, 5) is 41.4. The van der Waals surface area contributed by atoms with Gasteiger partial charge in [0.1, 0.15) is 11.2 Å². The zero-order valence-corrected chi connectivity index (χ0v) is 15.6. The van der Waals surface area contributed by atoms with Gasteiger partial charge in [-0.1, -0.05) is 23.7 Å². The van der Waals surface area contributed by atoms with Gasteiger partial charge in [-0.05, 0) is 36.6 Å². The highest BCUT2D eigenvalue weighted by molar-refractivity contribution is 7.22. The van der Waals surface area contributed by atoms with E-state index in [1.165, 1.54) is 22.2 Å². The molecule has 0 aliphatic heterocycles. The number of nitrogens with zero attached hydrogens (tertiary/aromatic N) is 2. The highest BCUT2D eigenvalue weighted by Gasteiger charge is 2.24. The van der Waals surface area contributed by atoms with Crippen molar-refractivity contribution in [3.05, 3.63) is 52.0 Å². The summed E-state index contributed by atoms with van der Waals surface area (Å²) in [6.07, 6.45) is 3.17. The maximum Gasteiger partial charge on any atom is 0.321 e. The second-order valence-corrected chi connectivity index (χ2v) is 7.79. The standard InChI is InChI=1S/C18H15ClN4O3S/c19-11-3-1-10(2-4-11)14-7-13-16(27-14)17(25)23(9-20-13)8-15(24)22-18(26)21-12-5-6-12/h1-4,7,9,12H,5-6,8H2,(H2,21,22,24,26). The van der Waals surface area contributed by atoms with Gasteiger partial charge in [0.05, 0.1) is 11.8 Å². The summed E-state index contributed by atoms with van der Waals surface area (Å²) in [5.41, 5.74) is 1.18. The number of benzene rings is 1. The average Bonchev–Trinajstić information content (AvgIpc) is 3.32. The van der Waals surface area contributed by atoms with Crippen LogP contribution >= 0.6 is 22.9 Å². The number of halogens is 1. The third kappa shape index (κ3) is 4.01. The topological polar surface area (TPSA) is 93.1 Å². The van der Waals surface area contributed by atoms with Crippen molar-refractivity contribution in [2.45, 2.75) is 25.4 Å². The molecule has 3 aromatic rings. The number of carbonyl (C=O) groups excluding carboxylic acids is 2. The summed E-state index contributed by atoms with van der Waals surface area (Å²) in [5, 5.41) is 5.52. The van der Waals surface area contributed by atoms with Crippen molar-refractivity contribution in [2.75, 3.05) is 0 Å². The van der Waals surface area contributed by atoms with Gasteiger partial charge in [-0.2, -0.15) is 0 Å². The highest BCUT2D eigenvalue weighted by atomic mass is 35.5. The van der Waals surface area contributed by atoms with E-state index in [0.717, 1.165) is 23.3 Å². The molecule has 0 radical (unpaired) electrons. The van der Waals surface area contributed by atoms with E-state index in [9.17, 15) is 14.4 Å². The monoisotopic (exact) mass is 402 g/mol. The fourth-order valence-corrected chi connectivity index (χ4v) is 3.78. The smallest absolute Gasteiger partial charge is 0.321 e. The third-order valence-corrected chi connectivity index (χ3v) is 5.53. The van der Waals surface area contributed by atoms with Crippen molar-refractivity contribution in [1.82, 2.24) is 20.2 Å². The van der Waals surface area contributed by atoms with Crippen LogP contribution in [-0.2, 0) is 11.3 Å². The Kier molecular flexibility index (Phi) is 4.67. The van der Waals surface area contributed by atoms with E-state index < -0.39 is 11.9 Å². The Morgan fingerprint density at radius 2 is 2.00 bits per heavy atom. The molecule has 0 unspecified atom stereocenters. The van der Waals surface area contributed by atoms with Gasteiger partial charge in [0.2, 0.25) is 5.91 Å². The predicted molar refractivity (Wildman–Crippen MR) is 104 cm³/mol. The number of thiophene rings is 1. The minimum absolute atomic E-state index is 0.149. The fraction of sp³-hybridized carbons (Fsp3) is 0.222. The first-order valence-electron chi connectivity index (χ1n) is 8.35. The van der Waals surface area contributed by atoms with Gasteiger partial charge in [0, 0.05) is 15.9 Å². The van der Waals surface area contributed by atoms with Gasteiger partial charge < -0.3 is 5.32 Å². The van der Waals surface area contributed by atoms with Crippen molar-refractivity contribution in [2.24, 2.45) is 0 Å². The van der Waals surface area contributed by atoms with Crippen molar-refractivity contribution in [1.29, 1.82) is 0 Å². The summed E-state index contributed by atoms with van der Waals surface area (Å²) >= 11 is 7.22. The lowest BCUT2D eigenvalue weighted by Crippen LogP contribution is -2.42. The molecule has 1 aliphatic carbocycles. The molecule has 1 fully saturated rings. The molecule has 0 spiro atoms. The largest absolute Gasteiger partial charge is 0.335 e. The molecule has 2 heterocycles. The van der Waals surface area contributed by atoms with Gasteiger partial charge in [0.15, 0.2) is 0 Å². The van der Waals surface area contributed by atoms with Crippen LogP contribution < -0.4 is 16.2 Å². The van der Waals surface area contributed by atoms with Gasteiger partial charge in [-0.3, -0.25) is 19.5 Å². The molecule has 0 atom stereocenters. The molecular formula is C18H15ClN4O3S. The maximum atomic E-state index is 12.7. The Balaban J connectivity index is 1.54.